The van der Waals surface area contributed by atoms with E-state index in [4.69, 9.17) is 31.5 Å². The third-order valence-corrected chi connectivity index (χ3v) is 16.5. The Labute approximate surface area is 338 Å². The summed E-state index contributed by atoms with van der Waals surface area (Å²) in [6, 6.07) is 5.80. The lowest BCUT2D eigenvalue weighted by Gasteiger charge is -2.71. The van der Waals surface area contributed by atoms with Crippen molar-refractivity contribution >= 4 is 35.4 Å². The first-order valence-corrected chi connectivity index (χ1v) is 21.3. The largest absolute Gasteiger partial charge is 0.481 e. The van der Waals surface area contributed by atoms with Crippen molar-refractivity contribution in [2.24, 2.45) is 62.4 Å². The molecule has 1 aromatic carbocycles. The molecule has 3 saturated carbocycles. The van der Waals surface area contributed by atoms with E-state index in [-0.39, 0.29) is 34.5 Å². The van der Waals surface area contributed by atoms with Gasteiger partial charge in [0.1, 0.15) is 18.2 Å². The molecule has 4 N–H and O–H groups in total. The fraction of sp³-hybridized carbons (Fsp3) is 0.733. The molecule has 1 saturated heterocycles. The van der Waals surface area contributed by atoms with Gasteiger partial charge in [-0.05, 0) is 122 Å². The molecule has 1 amide bonds. The van der Waals surface area contributed by atoms with Gasteiger partial charge in [-0.3, -0.25) is 19.2 Å². The SMILES string of the molecule is CC(=O)O[C@@H]1C[C@]23COC[C@](C)([C@@H]2CC[C@H]2C3=CC[C@@]3(C)[C@H](C(=O)O)[C@@](C)([C@H](C)C(C)C)CC[C@]23C)[C@H]1OC(=O)C(N)CCCCNC(=O)c1ccc(Cl)cc1. The van der Waals surface area contributed by atoms with Gasteiger partial charge in [0.2, 0.25) is 0 Å². The number of benzene rings is 1. The van der Waals surface area contributed by atoms with E-state index in [1.807, 2.05) is 0 Å². The predicted octanol–water partition coefficient (Wildman–Crippen LogP) is 8.00. The number of hydrogen-bond acceptors (Lipinski definition) is 8. The van der Waals surface area contributed by atoms with Crippen LogP contribution in [0.25, 0.3) is 0 Å². The summed E-state index contributed by atoms with van der Waals surface area (Å²) in [5, 5.41) is 14.5. The van der Waals surface area contributed by atoms with Crippen LogP contribution in [0.5, 0.6) is 0 Å². The van der Waals surface area contributed by atoms with E-state index in [0.717, 1.165) is 25.7 Å². The van der Waals surface area contributed by atoms with Gasteiger partial charge in [0.25, 0.3) is 5.91 Å². The maximum atomic E-state index is 13.7. The van der Waals surface area contributed by atoms with E-state index in [0.29, 0.717) is 68.4 Å². The van der Waals surface area contributed by atoms with Gasteiger partial charge < -0.3 is 30.4 Å². The number of carbonyl (C=O) groups excluding carboxylic acids is 3. The summed E-state index contributed by atoms with van der Waals surface area (Å²) in [5.41, 5.74) is 6.15. The molecule has 0 spiro atoms. The minimum atomic E-state index is -0.883. The Morgan fingerprint density at radius 3 is 2.32 bits per heavy atom. The molecule has 310 valence electrons. The highest BCUT2D eigenvalue weighted by Crippen LogP contribution is 2.75. The Kier molecular flexibility index (Phi) is 11.9. The fourth-order valence-electron chi connectivity index (χ4n) is 12.8. The van der Waals surface area contributed by atoms with Crippen LogP contribution in [0.4, 0.5) is 0 Å². The lowest BCUT2D eigenvalue weighted by Crippen LogP contribution is -2.70. The number of halogens is 1. The monoisotopic (exact) mass is 796 g/mol. The number of allylic oxidation sites excluding steroid dienone is 1. The van der Waals surface area contributed by atoms with E-state index in [1.165, 1.54) is 12.5 Å². The molecular formula is C45H65ClN2O8. The van der Waals surface area contributed by atoms with Crippen molar-refractivity contribution in [3.05, 3.63) is 46.5 Å². The van der Waals surface area contributed by atoms with Crippen molar-refractivity contribution < 1.29 is 38.5 Å². The third-order valence-electron chi connectivity index (χ3n) is 16.3. The van der Waals surface area contributed by atoms with E-state index in [1.54, 1.807) is 24.3 Å². The number of amides is 1. The number of rotatable bonds is 12. The molecule has 56 heavy (non-hydrogen) atoms. The molecule has 5 aliphatic rings. The summed E-state index contributed by atoms with van der Waals surface area (Å²) in [5.74, 6) is -1.46. The molecule has 1 aromatic rings. The number of nitrogens with two attached hydrogens (primary N) is 1. The number of unbranched alkanes of at least 4 members (excludes halogenated alkanes) is 1. The number of carbonyl (C=O) groups is 4. The van der Waals surface area contributed by atoms with Crippen molar-refractivity contribution in [1.29, 1.82) is 0 Å². The lowest BCUT2D eigenvalue weighted by atomic mass is 9.34. The van der Waals surface area contributed by atoms with Gasteiger partial charge in [-0.25, -0.2) is 0 Å². The predicted molar refractivity (Wildman–Crippen MR) is 215 cm³/mol. The van der Waals surface area contributed by atoms with Gasteiger partial charge in [-0.2, -0.15) is 0 Å². The molecule has 1 unspecified atom stereocenters. The molecule has 4 aliphatic carbocycles. The first kappa shape index (κ1) is 42.7. The number of hydrogen-bond donors (Lipinski definition) is 3. The second-order valence-electron chi connectivity index (χ2n) is 19.4. The number of carboxylic acids is 1. The molecule has 10 nitrogen and oxygen atoms in total. The summed E-state index contributed by atoms with van der Waals surface area (Å²) in [6.07, 6.45) is 7.26. The number of fused-ring (bicyclic) bond motifs is 3. The van der Waals surface area contributed by atoms with Crippen molar-refractivity contribution in [2.75, 3.05) is 19.8 Å². The first-order valence-electron chi connectivity index (χ1n) is 20.9. The molecule has 1 heterocycles. The van der Waals surface area contributed by atoms with E-state index >= 15 is 0 Å². The average molecular weight is 797 g/mol. The lowest BCUT2D eigenvalue weighted by molar-refractivity contribution is -0.263. The maximum Gasteiger partial charge on any atom is 0.323 e. The molecule has 2 bridgehead atoms. The zero-order valence-electron chi connectivity index (χ0n) is 34.8. The van der Waals surface area contributed by atoms with Crippen LogP contribution >= 0.6 is 11.6 Å². The molecule has 0 aromatic heterocycles. The van der Waals surface area contributed by atoms with Gasteiger partial charge in [0, 0.05) is 34.9 Å². The number of esters is 2. The molecule has 11 heteroatoms. The molecule has 0 radical (unpaired) electrons. The van der Waals surface area contributed by atoms with Crippen molar-refractivity contribution in [3.63, 3.8) is 0 Å². The van der Waals surface area contributed by atoms with Crippen LogP contribution < -0.4 is 11.1 Å². The molecule has 12 atom stereocenters. The maximum absolute atomic E-state index is 13.7. The molecule has 6 rings (SSSR count). The Morgan fingerprint density at radius 2 is 1.68 bits per heavy atom. The normalized spacial score (nSPS) is 38.5. The van der Waals surface area contributed by atoms with Gasteiger partial charge >= 0.3 is 17.9 Å². The molecule has 1 aliphatic heterocycles. The standard InChI is InChI=1S/C45H65ClN2O8/c1-26(2)27(3)41(5)20-21-43(7)31-16-17-35-42(6)24-54-25-45(35,32(31)18-19-44(43,8)36(41)39(51)52)23-34(55-28(4)49)37(42)56-40(53)33(47)11-9-10-22-48-38(50)29-12-14-30(46)15-13-29/h12-15,18,26-27,31,33-37H,9-11,16-17,19-25,47H2,1-8H3,(H,48,50)(H,51,52)/t27-,31+,33?,34-,35+,36-,37+,41-,42-,43-,44+,45-/m1/s1. The van der Waals surface area contributed by atoms with Crippen LogP contribution in [-0.4, -0.2) is 66.9 Å². The van der Waals surface area contributed by atoms with Crippen molar-refractivity contribution in [3.8, 4) is 0 Å². The summed E-state index contributed by atoms with van der Waals surface area (Å²) < 4.78 is 19.0. The summed E-state index contributed by atoms with van der Waals surface area (Å²) in [4.78, 5) is 52.3. The average Bonchev–Trinajstić information content (AvgIpc) is 3.12. The highest BCUT2D eigenvalue weighted by Gasteiger charge is 2.72. The summed E-state index contributed by atoms with van der Waals surface area (Å²) in [7, 11) is 0. The smallest absolute Gasteiger partial charge is 0.323 e. The van der Waals surface area contributed by atoms with Crippen LogP contribution in [0, 0.1) is 56.7 Å². The van der Waals surface area contributed by atoms with E-state index < -0.39 is 58.3 Å². The number of ether oxygens (including phenoxy) is 3. The van der Waals surface area contributed by atoms with Crippen LogP contribution in [0.1, 0.15) is 124 Å². The van der Waals surface area contributed by atoms with Gasteiger partial charge in [-0.1, -0.05) is 71.7 Å². The second kappa shape index (κ2) is 15.7. The first-order chi connectivity index (χ1) is 26.2. The fourth-order valence-corrected chi connectivity index (χ4v) is 13.0. The van der Waals surface area contributed by atoms with Crippen LogP contribution in [-0.2, 0) is 28.6 Å². The van der Waals surface area contributed by atoms with Crippen molar-refractivity contribution in [2.45, 2.75) is 131 Å². The summed E-state index contributed by atoms with van der Waals surface area (Å²) >= 11 is 5.93. The molecule has 4 fully saturated rings. The Balaban J connectivity index is 1.20. The quantitative estimate of drug-likeness (QED) is 0.108. The Hall–Kier alpha value is -2.95. The van der Waals surface area contributed by atoms with Gasteiger partial charge in [0.05, 0.1) is 19.1 Å². The van der Waals surface area contributed by atoms with Crippen LogP contribution in [0.15, 0.2) is 35.9 Å². The Bertz CT molecular complexity index is 1720. The Morgan fingerprint density at radius 1 is 0.982 bits per heavy atom. The number of aliphatic carboxylic acids is 1. The highest BCUT2D eigenvalue weighted by molar-refractivity contribution is 6.30. The summed E-state index contributed by atoms with van der Waals surface area (Å²) in [6.45, 7) is 18.3. The van der Waals surface area contributed by atoms with Crippen LogP contribution in [0.3, 0.4) is 0 Å². The third kappa shape index (κ3) is 7.01. The minimum absolute atomic E-state index is 0.106. The highest BCUT2D eigenvalue weighted by atomic mass is 35.5. The van der Waals surface area contributed by atoms with E-state index in [9.17, 15) is 24.3 Å². The number of carboxylic acid groups (broad SMARTS) is 1. The second-order valence-corrected chi connectivity index (χ2v) is 19.9. The number of nitrogens with one attached hydrogen (secondary N) is 1. The van der Waals surface area contributed by atoms with Gasteiger partial charge in [-0.15, -0.1) is 0 Å². The van der Waals surface area contributed by atoms with Gasteiger partial charge in [0.15, 0.2) is 0 Å². The molecular weight excluding hydrogens is 732 g/mol. The minimum Gasteiger partial charge on any atom is -0.481 e. The van der Waals surface area contributed by atoms with Crippen LogP contribution in [0.2, 0.25) is 5.02 Å². The van der Waals surface area contributed by atoms with Crippen molar-refractivity contribution in [1.82, 2.24) is 5.32 Å². The topological polar surface area (TPSA) is 154 Å². The van der Waals surface area contributed by atoms with E-state index in [2.05, 4.69) is 59.9 Å². The zero-order valence-corrected chi connectivity index (χ0v) is 35.5. The zero-order chi connectivity index (χ0) is 41.0.